The van der Waals surface area contributed by atoms with Gasteiger partial charge in [0.15, 0.2) is 0 Å². The van der Waals surface area contributed by atoms with E-state index in [1.807, 2.05) is 0 Å². The normalized spacial score (nSPS) is 21.3. The lowest BCUT2D eigenvalue weighted by molar-refractivity contribution is -0.281. The SMILES string of the molecule is O=C(CC1(C(F)(F)F)CCOC(=O)O1)OCc1ccc(F)cc1. The van der Waals surface area contributed by atoms with Gasteiger partial charge in [-0.3, -0.25) is 4.79 Å². The first kappa shape index (κ1) is 17.0. The summed E-state index contributed by atoms with van der Waals surface area (Å²) in [6.45, 7) is -0.832. The lowest BCUT2D eigenvalue weighted by Crippen LogP contribution is -2.54. The van der Waals surface area contributed by atoms with Crippen LogP contribution in [-0.4, -0.2) is 30.5 Å². The number of ether oxygens (including phenoxy) is 3. The Morgan fingerprint density at radius 1 is 1.26 bits per heavy atom. The van der Waals surface area contributed by atoms with E-state index in [2.05, 4.69) is 9.47 Å². The maximum absolute atomic E-state index is 13.2. The average molecular weight is 336 g/mol. The summed E-state index contributed by atoms with van der Waals surface area (Å²) in [5.41, 5.74) is -2.55. The Bertz CT molecular complexity index is 584. The maximum atomic E-state index is 13.2. The minimum Gasteiger partial charge on any atom is -0.461 e. The summed E-state index contributed by atoms with van der Waals surface area (Å²) in [5, 5.41) is 0. The van der Waals surface area contributed by atoms with Gasteiger partial charge in [0, 0.05) is 6.42 Å². The topological polar surface area (TPSA) is 61.8 Å². The second-order valence-corrected chi connectivity index (χ2v) is 4.91. The van der Waals surface area contributed by atoms with Gasteiger partial charge in [-0.05, 0) is 17.7 Å². The number of hydrogen-bond acceptors (Lipinski definition) is 5. The van der Waals surface area contributed by atoms with Gasteiger partial charge in [0.05, 0.1) is 13.0 Å². The van der Waals surface area contributed by atoms with Crippen LogP contribution in [-0.2, 0) is 25.6 Å². The van der Waals surface area contributed by atoms with Crippen molar-refractivity contribution in [2.24, 2.45) is 0 Å². The second-order valence-electron chi connectivity index (χ2n) is 4.91. The zero-order valence-electron chi connectivity index (χ0n) is 11.7. The van der Waals surface area contributed by atoms with Crippen molar-refractivity contribution >= 4 is 12.1 Å². The van der Waals surface area contributed by atoms with E-state index in [9.17, 15) is 27.2 Å². The van der Waals surface area contributed by atoms with Gasteiger partial charge in [0.25, 0.3) is 0 Å². The summed E-state index contributed by atoms with van der Waals surface area (Å²) in [7, 11) is 0. The number of halogens is 4. The van der Waals surface area contributed by atoms with Crippen molar-refractivity contribution in [3.05, 3.63) is 35.6 Å². The molecule has 9 heteroatoms. The number of carbonyl (C=O) groups is 2. The highest BCUT2D eigenvalue weighted by molar-refractivity contribution is 5.72. The summed E-state index contributed by atoms with van der Waals surface area (Å²) in [6.07, 6.45) is -8.30. The summed E-state index contributed by atoms with van der Waals surface area (Å²) in [6, 6.07) is 4.91. The Morgan fingerprint density at radius 2 is 1.91 bits per heavy atom. The molecule has 0 amide bonds. The largest absolute Gasteiger partial charge is 0.509 e. The molecule has 0 bridgehead atoms. The number of benzene rings is 1. The molecular formula is C14H12F4O5. The minimum absolute atomic E-state index is 0.322. The van der Waals surface area contributed by atoms with Gasteiger partial charge >= 0.3 is 18.3 Å². The molecule has 126 valence electrons. The highest BCUT2D eigenvalue weighted by Crippen LogP contribution is 2.41. The highest BCUT2D eigenvalue weighted by atomic mass is 19.4. The minimum atomic E-state index is -4.94. The van der Waals surface area contributed by atoms with Crippen molar-refractivity contribution in [3.63, 3.8) is 0 Å². The summed E-state index contributed by atoms with van der Waals surface area (Å²) >= 11 is 0. The second kappa shape index (κ2) is 6.43. The molecule has 0 aromatic heterocycles. The Hall–Kier alpha value is -2.32. The third-order valence-corrected chi connectivity index (χ3v) is 3.26. The van der Waals surface area contributed by atoms with Crippen LogP contribution in [0, 0.1) is 5.82 Å². The van der Waals surface area contributed by atoms with Crippen LogP contribution in [0.1, 0.15) is 18.4 Å². The average Bonchev–Trinajstić information content (AvgIpc) is 2.45. The van der Waals surface area contributed by atoms with E-state index < -0.39 is 49.2 Å². The first-order chi connectivity index (χ1) is 10.7. The molecule has 0 spiro atoms. The van der Waals surface area contributed by atoms with E-state index >= 15 is 0 Å². The summed E-state index contributed by atoms with van der Waals surface area (Å²) in [4.78, 5) is 22.7. The molecule has 1 aromatic carbocycles. The van der Waals surface area contributed by atoms with E-state index in [1.165, 1.54) is 12.1 Å². The Labute approximate surface area is 128 Å². The molecule has 0 N–H and O–H groups in total. The van der Waals surface area contributed by atoms with Crippen molar-refractivity contribution in [1.29, 1.82) is 0 Å². The van der Waals surface area contributed by atoms with Crippen LogP contribution < -0.4 is 0 Å². The molecule has 1 heterocycles. The number of rotatable bonds is 4. The van der Waals surface area contributed by atoms with Crippen molar-refractivity contribution in [2.75, 3.05) is 6.61 Å². The number of esters is 1. The van der Waals surface area contributed by atoms with E-state index in [0.29, 0.717) is 5.56 Å². The fraction of sp³-hybridized carbons (Fsp3) is 0.429. The first-order valence-corrected chi connectivity index (χ1v) is 6.54. The van der Waals surface area contributed by atoms with Crippen LogP contribution in [0.25, 0.3) is 0 Å². The first-order valence-electron chi connectivity index (χ1n) is 6.54. The molecule has 1 aliphatic rings. The molecule has 0 saturated carbocycles. The number of carbonyl (C=O) groups excluding carboxylic acids is 2. The Morgan fingerprint density at radius 3 is 2.48 bits per heavy atom. The van der Waals surface area contributed by atoms with Crippen LogP contribution in [0.4, 0.5) is 22.4 Å². The number of cyclic esters (lactones) is 2. The van der Waals surface area contributed by atoms with Crippen molar-refractivity contribution in [1.82, 2.24) is 0 Å². The maximum Gasteiger partial charge on any atom is 0.509 e. The zero-order chi connectivity index (χ0) is 17.1. The van der Waals surface area contributed by atoms with E-state index in [0.717, 1.165) is 12.1 Å². The van der Waals surface area contributed by atoms with Crippen molar-refractivity contribution in [2.45, 2.75) is 31.2 Å². The molecule has 5 nitrogen and oxygen atoms in total. The van der Waals surface area contributed by atoms with Crippen LogP contribution in [0.2, 0.25) is 0 Å². The fourth-order valence-corrected chi connectivity index (χ4v) is 1.99. The summed E-state index contributed by atoms with van der Waals surface area (Å²) < 4.78 is 65.5. The molecule has 2 rings (SSSR count). The standard InChI is InChI=1S/C14H12F4O5/c15-10-3-1-9(2-4-10)8-22-11(19)7-13(14(16,17)18)5-6-21-12(20)23-13/h1-4H,5-8H2. The predicted molar refractivity (Wildman–Crippen MR) is 66.6 cm³/mol. The van der Waals surface area contributed by atoms with Crippen LogP contribution in [0.15, 0.2) is 24.3 Å². The molecule has 1 atom stereocenters. The van der Waals surface area contributed by atoms with E-state index in [4.69, 9.17) is 4.74 Å². The monoisotopic (exact) mass is 336 g/mol. The van der Waals surface area contributed by atoms with Crippen LogP contribution >= 0.6 is 0 Å². The zero-order valence-corrected chi connectivity index (χ0v) is 11.7. The predicted octanol–water partition coefficient (Wildman–Crippen LogP) is 3.12. The Balaban J connectivity index is 2.00. The van der Waals surface area contributed by atoms with Gasteiger partial charge in [-0.1, -0.05) is 12.1 Å². The molecule has 23 heavy (non-hydrogen) atoms. The highest BCUT2D eigenvalue weighted by Gasteiger charge is 2.61. The quantitative estimate of drug-likeness (QED) is 0.624. The lowest BCUT2D eigenvalue weighted by atomic mass is 9.94. The number of hydrogen-bond donors (Lipinski definition) is 0. The molecule has 1 aromatic rings. The van der Waals surface area contributed by atoms with E-state index in [-0.39, 0.29) is 6.61 Å². The number of alkyl halides is 3. The fourth-order valence-electron chi connectivity index (χ4n) is 1.99. The molecule has 0 aliphatic carbocycles. The molecular weight excluding hydrogens is 324 g/mol. The third-order valence-electron chi connectivity index (χ3n) is 3.26. The summed E-state index contributed by atoms with van der Waals surface area (Å²) in [5.74, 6) is -1.69. The Kier molecular flexibility index (Phi) is 4.76. The van der Waals surface area contributed by atoms with Gasteiger partial charge in [-0.15, -0.1) is 0 Å². The van der Waals surface area contributed by atoms with E-state index in [1.54, 1.807) is 0 Å². The molecule has 1 fully saturated rings. The van der Waals surface area contributed by atoms with Gasteiger partial charge < -0.3 is 14.2 Å². The smallest absolute Gasteiger partial charge is 0.461 e. The van der Waals surface area contributed by atoms with Crippen molar-refractivity contribution < 1.29 is 41.4 Å². The van der Waals surface area contributed by atoms with Gasteiger partial charge in [0.1, 0.15) is 12.4 Å². The van der Waals surface area contributed by atoms with Gasteiger partial charge in [0.2, 0.25) is 5.60 Å². The van der Waals surface area contributed by atoms with Gasteiger partial charge in [-0.25, -0.2) is 9.18 Å². The van der Waals surface area contributed by atoms with Crippen LogP contribution in [0.5, 0.6) is 0 Å². The lowest BCUT2D eigenvalue weighted by Gasteiger charge is -2.36. The molecule has 1 aliphatic heterocycles. The molecule has 1 unspecified atom stereocenters. The van der Waals surface area contributed by atoms with Gasteiger partial charge in [-0.2, -0.15) is 13.2 Å². The molecule has 1 saturated heterocycles. The molecule has 0 radical (unpaired) electrons. The van der Waals surface area contributed by atoms with Crippen molar-refractivity contribution in [3.8, 4) is 0 Å². The van der Waals surface area contributed by atoms with Crippen LogP contribution in [0.3, 0.4) is 0 Å². The third kappa shape index (κ3) is 4.11.